The molecular formula is C26H35N5O4S. The van der Waals surface area contributed by atoms with E-state index < -0.39 is 5.91 Å². The molecule has 0 bridgehead atoms. The molecule has 4 rings (SSSR count). The minimum atomic E-state index is -0.473. The highest BCUT2D eigenvalue weighted by molar-refractivity contribution is 7.14. The van der Waals surface area contributed by atoms with Crippen molar-refractivity contribution in [3.8, 4) is 11.5 Å². The zero-order valence-corrected chi connectivity index (χ0v) is 22.5. The van der Waals surface area contributed by atoms with Gasteiger partial charge in [0.05, 0.1) is 38.1 Å². The largest absolute Gasteiger partial charge is 0.493 e. The fourth-order valence-electron chi connectivity index (χ4n) is 4.08. The van der Waals surface area contributed by atoms with E-state index in [9.17, 15) is 4.79 Å². The number of thiophene rings is 1. The van der Waals surface area contributed by atoms with Crippen molar-refractivity contribution in [1.82, 2.24) is 14.9 Å². The predicted molar refractivity (Wildman–Crippen MR) is 143 cm³/mol. The number of nitrogens with zero attached hydrogens (tertiary/aromatic N) is 3. The van der Waals surface area contributed by atoms with Crippen LogP contribution in [0.5, 0.6) is 11.5 Å². The maximum atomic E-state index is 12.2. The molecule has 1 fully saturated rings. The highest BCUT2D eigenvalue weighted by Gasteiger charge is 2.23. The lowest BCUT2D eigenvalue weighted by molar-refractivity contribution is 0.0357. The molecule has 1 aromatic carbocycles. The van der Waals surface area contributed by atoms with Crippen LogP contribution in [0.2, 0.25) is 0 Å². The quantitative estimate of drug-likeness (QED) is 0.409. The Balaban J connectivity index is 1.61. The molecule has 194 valence electrons. The van der Waals surface area contributed by atoms with Gasteiger partial charge in [0.25, 0.3) is 5.91 Å². The second-order valence-electron chi connectivity index (χ2n) is 9.89. The van der Waals surface area contributed by atoms with Crippen LogP contribution in [0.25, 0.3) is 10.9 Å². The molecule has 1 saturated heterocycles. The number of primary amides is 1. The first-order chi connectivity index (χ1) is 17.2. The van der Waals surface area contributed by atoms with Crippen molar-refractivity contribution in [2.75, 3.05) is 51.9 Å². The Morgan fingerprint density at radius 3 is 2.61 bits per heavy atom. The van der Waals surface area contributed by atoms with E-state index in [1.165, 1.54) is 11.3 Å². The molecule has 2 aromatic heterocycles. The molecule has 0 atom stereocenters. The summed E-state index contributed by atoms with van der Waals surface area (Å²) < 4.78 is 17.1. The van der Waals surface area contributed by atoms with Crippen molar-refractivity contribution in [3.05, 3.63) is 33.8 Å². The predicted octanol–water partition coefficient (Wildman–Crippen LogP) is 4.25. The number of aryl methyl sites for hydroxylation is 1. The number of nitrogens with two attached hydrogens (primary N) is 1. The van der Waals surface area contributed by atoms with Crippen LogP contribution in [0.3, 0.4) is 0 Å². The molecule has 0 saturated carbocycles. The van der Waals surface area contributed by atoms with Crippen molar-refractivity contribution in [3.63, 3.8) is 0 Å². The minimum absolute atomic E-state index is 0.117. The summed E-state index contributed by atoms with van der Waals surface area (Å²) in [4.78, 5) is 25.3. The number of nitrogens with one attached hydrogen (secondary N) is 1. The Kier molecular flexibility index (Phi) is 7.97. The van der Waals surface area contributed by atoms with Gasteiger partial charge in [0.2, 0.25) is 0 Å². The monoisotopic (exact) mass is 513 g/mol. The number of morpholine rings is 1. The van der Waals surface area contributed by atoms with E-state index >= 15 is 0 Å². The van der Waals surface area contributed by atoms with Crippen molar-refractivity contribution in [2.45, 2.75) is 39.5 Å². The average molecular weight is 514 g/mol. The summed E-state index contributed by atoms with van der Waals surface area (Å²) in [5.41, 5.74) is 6.94. The van der Waals surface area contributed by atoms with Gasteiger partial charge in [-0.2, -0.15) is 0 Å². The van der Waals surface area contributed by atoms with Crippen LogP contribution in [-0.4, -0.2) is 67.3 Å². The van der Waals surface area contributed by atoms with Gasteiger partial charge in [0, 0.05) is 36.0 Å². The number of carbonyl (C=O) groups excluding carboxylic acids is 1. The minimum Gasteiger partial charge on any atom is -0.493 e. The summed E-state index contributed by atoms with van der Waals surface area (Å²) in [6.45, 7) is 13.1. The van der Waals surface area contributed by atoms with Gasteiger partial charge in [-0.15, -0.1) is 11.3 Å². The lowest BCUT2D eigenvalue weighted by atomic mass is 9.94. The maximum Gasteiger partial charge on any atom is 0.260 e. The SMILES string of the molecule is COc1cc2nc(C)nc(Nc3cc(C(C)(C)C)sc3C(N)=O)c2cc1OCCCN1CCOCC1. The standard InChI is InChI=1S/C26H35N5O4S/c1-16-28-18-14-20(33-5)21(35-10-6-7-31-8-11-34-12-9-31)13-17(18)25(29-16)30-19-15-22(26(2,3)4)36-23(19)24(27)32/h13-15H,6-12H2,1-5H3,(H2,27,32)(H,28,29,30). The van der Waals surface area contributed by atoms with Crippen LogP contribution in [0.15, 0.2) is 18.2 Å². The molecular weight excluding hydrogens is 478 g/mol. The number of hydrogen-bond donors (Lipinski definition) is 2. The number of rotatable bonds is 9. The van der Waals surface area contributed by atoms with E-state index in [1.807, 2.05) is 25.1 Å². The number of benzene rings is 1. The topological polar surface area (TPSA) is 112 Å². The molecule has 0 radical (unpaired) electrons. The van der Waals surface area contributed by atoms with Crippen LogP contribution >= 0.6 is 11.3 Å². The van der Waals surface area contributed by atoms with Crippen LogP contribution in [0.4, 0.5) is 11.5 Å². The van der Waals surface area contributed by atoms with Gasteiger partial charge in [-0.25, -0.2) is 9.97 Å². The molecule has 1 aliphatic rings. The first kappa shape index (κ1) is 26.1. The lowest BCUT2D eigenvalue weighted by Gasteiger charge is -2.26. The molecule has 10 heteroatoms. The zero-order chi connectivity index (χ0) is 25.9. The average Bonchev–Trinajstić information content (AvgIpc) is 3.27. The number of aromatic nitrogens is 2. The molecule has 3 heterocycles. The van der Waals surface area contributed by atoms with Crippen molar-refractivity contribution in [2.24, 2.45) is 5.73 Å². The lowest BCUT2D eigenvalue weighted by Crippen LogP contribution is -2.37. The van der Waals surface area contributed by atoms with Gasteiger partial charge < -0.3 is 25.3 Å². The molecule has 3 N–H and O–H groups in total. The van der Waals surface area contributed by atoms with Gasteiger partial charge >= 0.3 is 0 Å². The van der Waals surface area contributed by atoms with Crippen LogP contribution < -0.4 is 20.5 Å². The fourth-order valence-corrected chi connectivity index (χ4v) is 5.10. The van der Waals surface area contributed by atoms with Gasteiger partial charge in [-0.1, -0.05) is 20.8 Å². The zero-order valence-electron chi connectivity index (χ0n) is 21.6. The van der Waals surface area contributed by atoms with Gasteiger partial charge in [-0.3, -0.25) is 9.69 Å². The maximum absolute atomic E-state index is 12.2. The summed E-state index contributed by atoms with van der Waals surface area (Å²) in [5.74, 6) is 1.94. The summed E-state index contributed by atoms with van der Waals surface area (Å²) in [6, 6.07) is 5.72. The summed E-state index contributed by atoms with van der Waals surface area (Å²) in [7, 11) is 1.62. The highest BCUT2D eigenvalue weighted by atomic mass is 32.1. The highest BCUT2D eigenvalue weighted by Crippen LogP contribution is 2.39. The van der Waals surface area contributed by atoms with Crippen LogP contribution in [0, 0.1) is 6.92 Å². The van der Waals surface area contributed by atoms with Gasteiger partial charge in [0.1, 0.15) is 16.5 Å². The molecule has 0 aliphatic carbocycles. The summed E-state index contributed by atoms with van der Waals surface area (Å²) in [6.07, 6.45) is 0.892. The third kappa shape index (κ3) is 6.05. The smallest absolute Gasteiger partial charge is 0.260 e. The van der Waals surface area contributed by atoms with Crippen molar-refractivity contribution >= 4 is 39.7 Å². The van der Waals surface area contributed by atoms with Crippen LogP contribution in [0.1, 0.15) is 47.6 Å². The Hall–Kier alpha value is -2.95. The third-order valence-corrected chi connectivity index (χ3v) is 7.60. The summed E-state index contributed by atoms with van der Waals surface area (Å²) >= 11 is 1.40. The number of amides is 1. The molecule has 0 spiro atoms. The second-order valence-corrected chi connectivity index (χ2v) is 10.9. The number of fused-ring (bicyclic) bond motifs is 1. The molecule has 1 aliphatic heterocycles. The molecule has 3 aromatic rings. The van der Waals surface area contributed by atoms with Gasteiger partial charge in [0.15, 0.2) is 11.5 Å². The van der Waals surface area contributed by atoms with E-state index in [-0.39, 0.29) is 5.41 Å². The molecule has 1 amide bonds. The number of anilines is 2. The number of methoxy groups -OCH3 is 1. The normalized spacial score (nSPS) is 14.7. The van der Waals surface area contributed by atoms with E-state index in [4.69, 9.17) is 19.9 Å². The Morgan fingerprint density at radius 2 is 1.94 bits per heavy atom. The van der Waals surface area contributed by atoms with E-state index in [0.717, 1.165) is 55.0 Å². The van der Waals surface area contributed by atoms with Crippen molar-refractivity contribution in [1.29, 1.82) is 0 Å². The summed E-state index contributed by atoms with van der Waals surface area (Å²) in [5, 5.41) is 4.12. The number of ether oxygens (including phenoxy) is 3. The Labute approximate surface area is 216 Å². The second kappa shape index (κ2) is 11.0. The molecule has 0 unspecified atom stereocenters. The van der Waals surface area contributed by atoms with E-state index in [0.29, 0.717) is 40.3 Å². The Morgan fingerprint density at radius 1 is 1.19 bits per heavy atom. The Bertz CT molecular complexity index is 1230. The molecule has 9 nitrogen and oxygen atoms in total. The first-order valence-corrected chi connectivity index (χ1v) is 13.0. The fraction of sp³-hybridized carbons (Fsp3) is 0.500. The van der Waals surface area contributed by atoms with Crippen molar-refractivity contribution < 1.29 is 19.0 Å². The number of carbonyl (C=O) groups is 1. The van der Waals surface area contributed by atoms with Gasteiger partial charge in [-0.05, 0) is 30.9 Å². The third-order valence-electron chi connectivity index (χ3n) is 6.02. The molecule has 36 heavy (non-hydrogen) atoms. The van der Waals surface area contributed by atoms with E-state index in [1.54, 1.807) is 7.11 Å². The van der Waals surface area contributed by atoms with Crippen LogP contribution in [-0.2, 0) is 10.2 Å². The number of hydrogen-bond acceptors (Lipinski definition) is 9. The van der Waals surface area contributed by atoms with E-state index in [2.05, 4.69) is 41.0 Å². The first-order valence-electron chi connectivity index (χ1n) is 12.2.